The Kier molecular flexibility index (Phi) is 5.16. The van der Waals surface area contributed by atoms with Crippen molar-refractivity contribution in [2.75, 3.05) is 29.9 Å². The number of carbonyl (C=O) groups is 2. The summed E-state index contributed by atoms with van der Waals surface area (Å²) in [6, 6.07) is 8.20. The van der Waals surface area contributed by atoms with Crippen LogP contribution in [-0.2, 0) is 28.8 Å². The van der Waals surface area contributed by atoms with E-state index in [1.165, 1.54) is 21.8 Å². The number of para-hydroxylation sites is 1. The first-order valence-corrected chi connectivity index (χ1v) is 10.4. The first-order valence-electron chi connectivity index (χ1n) is 9.61. The Bertz CT molecular complexity index is 874. The van der Waals surface area contributed by atoms with E-state index in [0.717, 1.165) is 49.9 Å². The number of rotatable bonds is 5. The zero-order chi connectivity index (χ0) is 18.8. The second-order valence-corrected chi connectivity index (χ2v) is 8.09. The number of nitrogens with zero attached hydrogens (tertiary/aromatic N) is 1. The lowest BCUT2D eigenvalue weighted by molar-refractivity contribution is -0.114. The van der Waals surface area contributed by atoms with Gasteiger partial charge >= 0.3 is 5.97 Å². The predicted molar refractivity (Wildman–Crippen MR) is 108 cm³/mol. The van der Waals surface area contributed by atoms with Crippen molar-refractivity contribution in [3.05, 3.63) is 45.8 Å². The fraction of sp³-hybridized carbons (Fsp3) is 0.429. The molecule has 0 saturated carbocycles. The SMILES string of the molecule is CCOC(=O)c1c(NC(=O)CN2CCc3ccccc32)sc2c1CCCC2. The van der Waals surface area contributed by atoms with Gasteiger partial charge in [0.1, 0.15) is 5.00 Å². The Hall–Kier alpha value is -2.34. The molecule has 0 atom stereocenters. The number of hydrogen-bond donors (Lipinski definition) is 1. The minimum absolute atomic E-state index is 0.0872. The normalized spacial score (nSPS) is 15.2. The zero-order valence-electron chi connectivity index (χ0n) is 15.5. The predicted octanol–water partition coefficient (Wildman–Crippen LogP) is 3.80. The Morgan fingerprint density at radius 1 is 1.19 bits per heavy atom. The summed E-state index contributed by atoms with van der Waals surface area (Å²) in [5.74, 6) is -0.408. The van der Waals surface area contributed by atoms with Crippen molar-refractivity contribution in [2.45, 2.75) is 39.0 Å². The molecule has 4 rings (SSSR count). The fourth-order valence-corrected chi connectivity index (χ4v) is 5.28. The van der Waals surface area contributed by atoms with Crippen LogP contribution in [-0.4, -0.2) is 31.6 Å². The molecule has 0 saturated heterocycles. The van der Waals surface area contributed by atoms with Crippen LogP contribution in [0.15, 0.2) is 24.3 Å². The summed E-state index contributed by atoms with van der Waals surface area (Å²) < 4.78 is 5.26. The maximum Gasteiger partial charge on any atom is 0.341 e. The molecule has 1 amide bonds. The minimum atomic E-state index is -0.321. The first kappa shape index (κ1) is 18.0. The highest BCUT2D eigenvalue weighted by molar-refractivity contribution is 7.17. The molecule has 27 heavy (non-hydrogen) atoms. The summed E-state index contributed by atoms with van der Waals surface area (Å²) in [6.07, 6.45) is 5.03. The summed E-state index contributed by atoms with van der Waals surface area (Å²) in [5, 5.41) is 3.65. The largest absolute Gasteiger partial charge is 0.462 e. The molecular formula is C21H24N2O3S. The van der Waals surface area contributed by atoms with E-state index in [9.17, 15) is 9.59 Å². The van der Waals surface area contributed by atoms with Crippen LogP contribution in [0.4, 0.5) is 10.7 Å². The smallest absolute Gasteiger partial charge is 0.341 e. The van der Waals surface area contributed by atoms with Crippen LogP contribution in [0.5, 0.6) is 0 Å². The van der Waals surface area contributed by atoms with Gasteiger partial charge < -0.3 is 15.0 Å². The van der Waals surface area contributed by atoms with Gasteiger partial charge in [-0.2, -0.15) is 0 Å². The van der Waals surface area contributed by atoms with Crippen molar-refractivity contribution in [1.82, 2.24) is 0 Å². The molecule has 1 aromatic heterocycles. The summed E-state index contributed by atoms with van der Waals surface area (Å²) in [7, 11) is 0. The summed E-state index contributed by atoms with van der Waals surface area (Å²) >= 11 is 1.54. The van der Waals surface area contributed by atoms with E-state index in [4.69, 9.17) is 4.74 Å². The lowest BCUT2D eigenvalue weighted by atomic mass is 9.95. The molecule has 0 unspecified atom stereocenters. The van der Waals surface area contributed by atoms with Crippen molar-refractivity contribution < 1.29 is 14.3 Å². The summed E-state index contributed by atoms with van der Waals surface area (Å²) in [6.45, 7) is 3.28. The quantitative estimate of drug-likeness (QED) is 0.797. The van der Waals surface area contributed by atoms with Crippen LogP contribution in [0.2, 0.25) is 0 Å². The van der Waals surface area contributed by atoms with Gasteiger partial charge in [0, 0.05) is 17.1 Å². The van der Waals surface area contributed by atoms with Gasteiger partial charge in [-0.05, 0) is 56.2 Å². The number of aryl methyl sites for hydroxylation is 1. The second-order valence-electron chi connectivity index (χ2n) is 6.98. The van der Waals surface area contributed by atoms with E-state index in [-0.39, 0.29) is 11.9 Å². The van der Waals surface area contributed by atoms with Gasteiger partial charge in [-0.25, -0.2) is 4.79 Å². The third kappa shape index (κ3) is 3.58. The molecule has 2 aliphatic rings. The highest BCUT2D eigenvalue weighted by Crippen LogP contribution is 2.38. The van der Waals surface area contributed by atoms with Crippen molar-refractivity contribution in [2.24, 2.45) is 0 Å². The highest BCUT2D eigenvalue weighted by atomic mass is 32.1. The zero-order valence-corrected chi connectivity index (χ0v) is 16.4. The average Bonchev–Trinajstić information content (AvgIpc) is 3.23. The number of ether oxygens (including phenoxy) is 1. The molecule has 0 spiro atoms. The maximum atomic E-state index is 12.7. The number of thiophene rings is 1. The molecule has 142 valence electrons. The molecule has 1 N–H and O–H groups in total. The summed E-state index contributed by atoms with van der Waals surface area (Å²) in [4.78, 5) is 28.5. The lowest BCUT2D eigenvalue weighted by Crippen LogP contribution is -2.32. The number of benzene rings is 1. The van der Waals surface area contributed by atoms with E-state index in [1.807, 2.05) is 12.1 Å². The molecule has 1 aliphatic heterocycles. The van der Waals surface area contributed by atoms with Gasteiger partial charge in [-0.3, -0.25) is 4.79 Å². The topological polar surface area (TPSA) is 58.6 Å². The van der Waals surface area contributed by atoms with Crippen LogP contribution < -0.4 is 10.2 Å². The lowest BCUT2D eigenvalue weighted by Gasteiger charge is -2.18. The molecule has 2 aromatic rings. The Morgan fingerprint density at radius 3 is 2.85 bits per heavy atom. The second kappa shape index (κ2) is 7.72. The van der Waals surface area contributed by atoms with Crippen LogP contribution in [0.25, 0.3) is 0 Å². The van der Waals surface area contributed by atoms with E-state index >= 15 is 0 Å². The fourth-order valence-electron chi connectivity index (χ4n) is 3.98. The van der Waals surface area contributed by atoms with Crippen LogP contribution >= 0.6 is 11.3 Å². The van der Waals surface area contributed by atoms with Crippen molar-refractivity contribution >= 4 is 33.9 Å². The monoisotopic (exact) mass is 384 g/mol. The molecule has 0 radical (unpaired) electrons. The van der Waals surface area contributed by atoms with Crippen molar-refractivity contribution in [1.29, 1.82) is 0 Å². The van der Waals surface area contributed by atoms with E-state index < -0.39 is 0 Å². The number of amides is 1. The van der Waals surface area contributed by atoms with Gasteiger partial charge in [0.2, 0.25) is 5.91 Å². The Labute approximate surface area is 163 Å². The van der Waals surface area contributed by atoms with Crippen molar-refractivity contribution in [3.63, 3.8) is 0 Å². The number of hydrogen-bond acceptors (Lipinski definition) is 5. The minimum Gasteiger partial charge on any atom is -0.462 e. The third-order valence-corrected chi connectivity index (χ3v) is 6.43. The number of esters is 1. The molecule has 6 heteroatoms. The average molecular weight is 385 g/mol. The Balaban J connectivity index is 1.53. The number of anilines is 2. The van der Waals surface area contributed by atoms with Crippen molar-refractivity contribution in [3.8, 4) is 0 Å². The molecular weight excluding hydrogens is 360 g/mol. The van der Waals surface area contributed by atoms with Gasteiger partial charge in [0.15, 0.2) is 0 Å². The number of nitrogens with one attached hydrogen (secondary N) is 1. The number of carbonyl (C=O) groups excluding carboxylic acids is 2. The molecule has 0 fully saturated rings. The van der Waals surface area contributed by atoms with Crippen LogP contribution in [0.3, 0.4) is 0 Å². The van der Waals surface area contributed by atoms with Gasteiger partial charge in [0.25, 0.3) is 0 Å². The van der Waals surface area contributed by atoms with Crippen LogP contribution in [0, 0.1) is 0 Å². The maximum absolute atomic E-state index is 12.7. The van der Waals surface area contributed by atoms with Gasteiger partial charge in [0.05, 0.1) is 18.7 Å². The molecule has 5 nitrogen and oxygen atoms in total. The van der Waals surface area contributed by atoms with E-state index in [1.54, 1.807) is 6.92 Å². The molecule has 0 bridgehead atoms. The molecule has 1 aliphatic carbocycles. The van der Waals surface area contributed by atoms with Gasteiger partial charge in [-0.1, -0.05) is 18.2 Å². The van der Waals surface area contributed by atoms with Gasteiger partial charge in [-0.15, -0.1) is 11.3 Å². The molecule has 2 heterocycles. The summed E-state index contributed by atoms with van der Waals surface area (Å²) in [5.41, 5.74) is 4.06. The standard InChI is InChI=1S/C21H24N2O3S/c1-2-26-21(25)19-15-8-4-6-10-17(15)27-20(19)22-18(24)13-23-12-11-14-7-3-5-9-16(14)23/h3,5,7,9H,2,4,6,8,10-13H2,1H3,(H,22,24). The Morgan fingerprint density at radius 2 is 2.00 bits per heavy atom. The van der Waals surface area contributed by atoms with Crippen LogP contribution in [0.1, 0.15) is 46.1 Å². The highest BCUT2D eigenvalue weighted by Gasteiger charge is 2.28. The number of fused-ring (bicyclic) bond motifs is 2. The molecule has 1 aromatic carbocycles. The van der Waals surface area contributed by atoms with E-state index in [2.05, 4.69) is 22.3 Å². The third-order valence-electron chi connectivity index (χ3n) is 5.22. The van der Waals surface area contributed by atoms with E-state index in [0.29, 0.717) is 23.7 Å². The first-order chi connectivity index (χ1) is 13.2.